The largest absolute Gasteiger partial charge is 0.396 e. The van der Waals surface area contributed by atoms with Gasteiger partial charge >= 0.3 is 0 Å². The lowest BCUT2D eigenvalue weighted by atomic mass is 9.79. The quantitative estimate of drug-likeness (QED) is 0.0425. The SMILES string of the molecule is C.CCC[C@@H](CO)CN(Cc1ccccc1)Cc1ccccc1.CCC[C@H](CO)CN(Cc1ccccc1)Cc1ccccc1.COC(c1ccccc1)(c1ccccc1)[C@@H]1CCCN1.S.[B].c1ccc(C(c2ccccc2)[C@@H]2CCCN2)cc1. The zero-order chi connectivity index (χ0) is 57.3. The Hall–Kier alpha value is -6.11. The third kappa shape index (κ3) is 23.3. The molecule has 9 heteroatoms. The number of rotatable bonds is 25. The first-order valence-corrected chi connectivity index (χ1v) is 30.5. The maximum absolute atomic E-state index is 9.61. The number of methoxy groups -OCH3 is 1. The molecule has 0 spiro atoms. The molecule has 10 rings (SSSR count). The summed E-state index contributed by atoms with van der Waals surface area (Å²) in [7, 11) is 1.82. The molecule has 0 unspecified atom stereocenters. The summed E-state index contributed by atoms with van der Waals surface area (Å²) in [6, 6.07) is 86.0. The predicted octanol–water partition coefficient (Wildman–Crippen LogP) is 15.5. The number of aliphatic hydroxyl groups is 2. The summed E-state index contributed by atoms with van der Waals surface area (Å²) >= 11 is 0. The Morgan fingerprint density at radius 2 is 0.765 bits per heavy atom. The van der Waals surface area contributed by atoms with Gasteiger partial charge < -0.3 is 25.6 Å². The molecule has 85 heavy (non-hydrogen) atoms. The Morgan fingerprint density at radius 1 is 0.459 bits per heavy atom. The van der Waals surface area contributed by atoms with Gasteiger partial charge in [-0.2, -0.15) is 13.5 Å². The third-order valence-corrected chi connectivity index (χ3v) is 16.0. The second-order valence-electron chi connectivity index (χ2n) is 22.3. The average molecular weight is 1160 g/mol. The molecule has 8 aromatic rings. The van der Waals surface area contributed by atoms with Gasteiger partial charge in [0, 0.05) is 86.0 Å². The van der Waals surface area contributed by atoms with E-state index in [1.807, 2.05) is 7.11 Å². The van der Waals surface area contributed by atoms with Crippen LogP contribution >= 0.6 is 13.5 Å². The van der Waals surface area contributed by atoms with E-state index in [-0.39, 0.29) is 42.5 Å². The van der Waals surface area contributed by atoms with E-state index < -0.39 is 5.60 Å². The van der Waals surface area contributed by atoms with Crippen LogP contribution in [0.2, 0.25) is 0 Å². The average Bonchev–Trinajstić information content (AvgIpc) is 2.69. The van der Waals surface area contributed by atoms with Gasteiger partial charge in [0.2, 0.25) is 0 Å². The van der Waals surface area contributed by atoms with Gasteiger partial charge in [0.05, 0.1) is 0 Å². The van der Waals surface area contributed by atoms with E-state index in [9.17, 15) is 10.2 Å². The Balaban J connectivity index is 0.000000241. The Kier molecular flexibility index (Phi) is 34.5. The fraction of sp³-hybridized carbons (Fsp3) is 0.368. The summed E-state index contributed by atoms with van der Waals surface area (Å²) in [5.41, 5.74) is 10.2. The van der Waals surface area contributed by atoms with Crippen molar-refractivity contribution < 1.29 is 14.9 Å². The van der Waals surface area contributed by atoms with Crippen LogP contribution < -0.4 is 10.6 Å². The molecule has 4 atom stereocenters. The normalized spacial score (nSPS) is 15.1. The van der Waals surface area contributed by atoms with Crippen LogP contribution in [0.25, 0.3) is 0 Å². The lowest BCUT2D eigenvalue weighted by Crippen LogP contribution is -2.47. The van der Waals surface area contributed by atoms with Gasteiger partial charge in [-0.3, -0.25) is 9.80 Å². The van der Waals surface area contributed by atoms with Gasteiger partial charge in [-0.1, -0.05) is 277 Å². The second kappa shape index (κ2) is 41.1. The first kappa shape index (κ1) is 71.4. The van der Waals surface area contributed by atoms with Gasteiger partial charge in [-0.15, -0.1) is 0 Å². The van der Waals surface area contributed by atoms with E-state index in [4.69, 9.17) is 4.74 Å². The third-order valence-electron chi connectivity index (χ3n) is 16.0. The summed E-state index contributed by atoms with van der Waals surface area (Å²) in [4.78, 5) is 4.89. The minimum absolute atomic E-state index is 0. The molecular formula is C76H100BN4O3S. The Labute approximate surface area is 522 Å². The molecular weight excluding hydrogens is 1060 g/mol. The molecule has 8 aromatic carbocycles. The molecule has 0 aromatic heterocycles. The molecule has 3 radical (unpaired) electrons. The highest BCUT2D eigenvalue weighted by molar-refractivity contribution is 7.59. The zero-order valence-corrected chi connectivity index (χ0v) is 51.5. The van der Waals surface area contributed by atoms with Crippen molar-refractivity contribution in [1.29, 1.82) is 0 Å². The summed E-state index contributed by atoms with van der Waals surface area (Å²) < 4.78 is 6.13. The van der Waals surface area contributed by atoms with Gasteiger partial charge in [0.15, 0.2) is 0 Å². The molecule has 2 aliphatic rings. The van der Waals surface area contributed by atoms with Crippen molar-refractivity contribution in [2.24, 2.45) is 11.8 Å². The first-order chi connectivity index (χ1) is 40.5. The number of nitrogens with zero attached hydrogens (tertiary/aromatic N) is 2. The van der Waals surface area contributed by atoms with Crippen molar-refractivity contribution >= 4 is 21.9 Å². The number of benzene rings is 8. The van der Waals surface area contributed by atoms with Crippen LogP contribution in [0.3, 0.4) is 0 Å². The van der Waals surface area contributed by atoms with Crippen molar-refractivity contribution in [1.82, 2.24) is 20.4 Å². The minimum atomic E-state index is -0.404. The van der Waals surface area contributed by atoms with Gasteiger partial charge in [0.25, 0.3) is 0 Å². The van der Waals surface area contributed by atoms with E-state index in [0.717, 1.165) is 84.5 Å². The van der Waals surface area contributed by atoms with Crippen LogP contribution in [0.4, 0.5) is 0 Å². The second-order valence-corrected chi connectivity index (χ2v) is 22.3. The lowest BCUT2D eigenvalue weighted by Gasteiger charge is -2.39. The molecule has 0 saturated carbocycles. The molecule has 0 bridgehead atoms. The van der Waals surface area contributed by atoms with Crippen molar-refractivity contribution in [3.8, 4) is 0 Å². The smallest absolute Gasteiger partial charge is 0.133 e. The van der Waals surface area contributed by atoms with E-state index in [0.29, 0.717) is 29.8 Å². The minimum Gasteiger partial charge on any atom is -0.396 e. The highest BCUT2D eigenvalue weighted by atomic mass is 32.1. The molecule has 2 heterocycles. The molecule has 2 saturated heterocycles. The number of aliphatic hydroxyl groups excluding tert-OH is 2. The van der Waals surface area contributed by atoms with Gasteiger partial charge in [-0.05, 0) is 108 Å². The highest BCUT2D eigenvalue weighted by Crippen LogP contribution is 2.40. The summed E-state index contributed by atoms with van der Waals surface area (Å²) in [5.74, 6) is 1.20. The van der Waals surface area contributed by atoms with Gasteiger partial charge in [-0.25, -0.2) is 0 Å². The maximum Gasteiger partial charge on any atom is 0.133 e. The molecule has 2 fully saturated rings. The van der Waals surface area contributed by atoms with E-state index in [2.05, 4.69) is 277 Å². The summed E-state index contributed by atoms with van der Waals surface area (Å²) in [6.45, 7) is 12.7. The molecule has 0 amide bonds. The number of hydrogen-bond donors (Lipinski definition) is 4. The van der Waals surface area contributed by atoms with Crippen LogP contribution in [0.15, 0.2) is 243 Å². The summed E-state index contributed by atoms with van der Waals surface area (Å²) in [5, 5.41) is 26.5. The number of hydrogen-bond acceptors (Lipinski definition) is 7. The zero-order valence-electron chi connectivity index (χ0n) is 50.5. The van der Waals surface area contributed by atoms with Crippen molar-refractivity contribution in [2.45, 2.75) is 122 Å². The van der Waals surface area contributed by atoms with Crippen LogP contribution in [0, 0.1) is 11.8 Å². The fourth-order valence-corrected chi connectivity index (χ4v) is 12.1. The fourth-order valence-electron chi connectivity index (χ4n) is 12.1. The predicted molar refractivity (Wildman–Crippen MR) is 365 cm³/mol. The van der Waals surface area contributed by atoms with Crippen molar-refractivity contribution in [3.63, 3.8) is 0 Å². The summed E-state index contributed by atoms with van der Waals surface area (Å²) in [6.07, 6.45) is 9.31. The first-order valence-electron chi connectivity index (χ1n) is 30.5. The van der Waals surface area contributed by atoms with Crippen LogP contribution in [0.5, 0.6) is 0 Å². The standard InChI is InChI=1S/2C20H27NO.C18H21NO.C17H19N.CH4.B.H2S/c2*1-2-9-20(17-22)16-21(14-18-10-5-3-6-11-18)15-19-12-7-4-8-13-19;1-20-18(17-13-8-14-19-17,15-9-4-2-5-10-15)16-11-6-3-7-12-16;1-3-8-14(9-4-1)17(16-12-7-13-18-16)15-10-5-2-6-11-15;;;/h2*3-8,10-13,20,22H,2,9,14-17H2,1H3;2-7,9-12,17,19H,8,13-14H2,1H3;1-6,8-11,16-18H,7,12-13H2;1H4;;1H2/t2*20-;17-;16-;;;/m1000.../s1. The molecule has 0 aliphatic carbocycles. The maximum atomic E-state index is 9.61. The van der Waals surface area contributed by atoms with Crippen LogP contribution in [-0.2, 0) is 36.5 Å². The van der Waals surface area contributed by atoms with Crippen molar-refractivity contribution in [3.05, 3.63) is 287 Å². The van der Waals surface area contributed by atoms with Crippen molar-refractivity contribution in [2.75, 3.05) is 46.5 Å². The monoisotopic (exact) mass is 1160 g/mol. The number of ether oxygens (including phenoxy) is 1. The van der Waals surface area contributed by atoms with Gasteiger partial charge in [0.1, 0.15) is 5.60 Å². The Morgan fingerprint density at radius 3 is 1.04 bits per heavy atom. The molecule has 7 nitrogen and oxygen atoms in total. The van der Waals surface area contributed by atoms with Crippen LogP contribution in [0.1, 0.15) is 123 Å². The molecule has 4 N–H and O–H groups in total. The lowest BCUT2D eigenvalue weighted by molar-refractivity contribution is -0.00627. The number of nitrogens with one attached hydrogen (secondary N) is 2. The molecule has 451 valence electrons. The Bertz CT molecular complexity index is 2570. The topological polar surface area (TPSA) is 80.2 Å². The van der Waals surface area contributed by atoms with E-state index in [1.54, 1.807) is 0 Å². The van der Waals surface area contributed by atoms with E-state index >= 15 is 0 Å². The molecule has 2 aliphatic heterocycles. The van der Waals surface area contributed by atoms with E-state index in [1.165, 1.54) is 63.8 Å². The van der Waals surface area contributed by atoms with Crippen LogP contribution in [-0.4, -0.2) is 87.0 Å². The highest BCUT2D eigenvalue weighted by Gasteiger charge is 2.43.